The molecule has 3 aromatic heterocycles. The fraction of sp³-hybridized carbons (Fsp3) is 0.182. The van der Waals surface area contributed by atoms with Crippen LogP contribution in [-0.2, 0) is 6.54 Å². The van der Waals surface area contributed by atoms with Crippen LogP contribution in [0.2, 0.25) is 0 Å². The van der Waals surface area contributed by atoms with E-state index in [2.05, 4.69) is 20.3 Å². The molecule has 4 rings (SSSR count). The van der Waals surface area contributed by atoms with Crippen molar-refractivity contribution in [3.8, 4) is 17.1 Å². The van der Waals surface area contributed by atoms with Crippen LogP contribution in [0.15, 0.2) is 61.2 Å². The summed E-state index contributed by atoms with van der Waals surface area (Å²) in [6.45, 7) is 0.581. The van der Waals surface area contributed by atoms with Crippen molar-refractivity contribution < 1.29 is 9.53 Å². The van der Waals surface area contributed by atoms with Crippen molar-refractivity contribution in [2.45, 2.75) is 6.54 Å². The number of fused-ring (bicyclic) bond motifs is 1. The van der Waals surface area contributed by atoms with Gasteiger partial charge in [-0.2, -0.15) is 0 Å². The molecule has 30 heavy (non-hydrogen) atoms. The Morgan fingerprint density at radius 2 is 1.90 bits per heavy atom. The summed E-state index contributed by atoms with van der Waals surface area (Å²) >= 11 is 0. The molecule has 0 radical (unpaired) electrons. The molecule has 0 aliphatic heterocycles. The summed E-state index contributed by atoms with van der Waals surface area (Å²) in [5, 5.41) is 3.30. The normalized spacial score (nSPS) is 10.8. The molecule has 4 aromatic rings. The quantitative estimate of drug-likeness (QED) is 0.533. The molecule has 0 saturated carbocycles. The van der Waals surface area contributed by atoms with E-state index in [0.717, 1.165) is 28.3 Å². The Balaban J connectivity index is 1.50. The van der Waals surface area contributed by atoms with Crippen molar-refractivity contribution >= 4 is 17.4 Å². The number of benzene rings is 1. The Morgan fingerprint density at radius 3 is 2.63 bits per heavy atom. The minimum absolute atomic E-state index is 0.0133. The molecule has 152 valence electrons. The van der Waals surface area contributed by atoms with Gasteiger partial charge < -0.3 is 15.0 Å². The molecule has 1 aromatic carbocycles. The molecular weight excluding hydrogens is 380 g/mol. The van der Waals surface area contributed by atoms with Crippen LogP contribution >= 0.6 is 0 Å². The molecule has 1 N–H and O–H groups in total. The maximum atomic E-state index is 12.0. The van der Waals surface area contributed by atoms with Crippen molar-refractivity contribution in [1.82, 2.24) is 24.3 Å². The predicted molar refractivity (Wildman–Crippen MR) is 115 cm³/mol. The number of hydrogen-bond acceptors (Lipinski definition) is 6. The van der Waals surface area contributed by atoms with E-state index in [1.54, 1.807) is 32.3 Å². The van der Waals surface area contributed by atoms with Gasteiger partial charge in [0.25, 0.3) is 5.91 Å². The van der Waals surface area contributed by atoms with E-state index < -0.39 is 0 Å². The third-order valence-electron chi connectivity index (χ3n) is 4.73. The molecule has 0 atom stereocenters. The van der Waals surface area contributed by atoms with Crippen LogP contribution in [0.3, 0.4) is 0 Å². The minimum Gasteiger partial charge on any atom is -0.497 e. The zero-order chi connectivity index (χ0) is 21.1. The number of rotatable bonds is 6. The van der Waals surface area contributed by atoms with Gasteiger partial charge in [-0.25, -0.2) is 15.0 Å². The van der Waals surface area contributed by atoms with Crippen LogP contribution in [0.25, 0.3) is 17.0 Å². The molecule has 0 fully saturated rings. The maximum absolute atomic E-state index is 12.0. The number of carbonyl (C=O) groups excluding carboxylic acids is 1. The zero-order valence-corrected chi connectivity index (χ0v) is 17.0. The van der Waals surface area contributed by atoms with Crippen LogP contribution in [0.1, 0.15) is 15.9 Å². The van der Waals surface area contributed by atoms with Gasteiger partial charge in [0.05, 0.1) is 24.7 Å². The maximum Gasteiger partial charge on any atom is 0.253 e. The van der Waals surface area contributed by atoms with Crippen molar-refractivity contribution in [1.29, 1.82) is 0 Å². The first-order chi connectivity index (χ1) is 14.5. The first-order valence-electron chi connectivity index (χ1n) is 9.43. The van der Waals surface area contributed by atoms with Gasteiger partial charge in [-0.3, -0.25) is 9.20 Å². The van der Waals surface area contributed by atoms with E-state index in [9.17, 15) is 4.79 Å². The average molecular weight is 402 g/mol. The summed E-state index contributed by atoms with van der Waals surface area (Å²) in [6, 6.07) is 13.2. The number of nitrogens with one attached hydrogen (secondary N) is 1. The van der Waals surface area contributed by atoms with Gasteiger partial charge >= 0.3 is 0 Å². The Kier molecular flexibility index (Phi) is 5.30. The number of methoxy groups -OCH3 is 1. The molecule has 0 aliphatic rings. The van der Waals surface area contributed by atoms with E-state index >= 15 is 0 Å². The molecule has 1 amide bonds. The van der Waals surface area contributed by atoms with E-state index in [4.69, 9.17) is 4.74 Å². The van der Waals surface area contributed by atoms with E-state index in [1.807, 2.05) is 53.1 Å². The zero-order valence-electron chi connectivity index (χ0n) is 17.0. The van der Waals surface area contributed by atoms with Gasteiger partial charge in [0, 0.05) is 44.5 Å². The van der Waals surface area contributed by atoms with Crippen molar-refractivity contribution in [2.75, 3.05) is 26.5 Å². The predicted octanol–water partition coefficient (Wildman–Crippen LogP) is 3.11. The monoisotopic (exact) mass is 402 g/mol. The molecule has 0 bridgehead atoms. The highest BCUT2D eigenvalue weighted by atomic mass is 16.5. The molecule has 8 heteroatoms. The second-order valence-electron chi connectivity index (χ2n) is 6.98. The van der Waals surface area contributed by atoms with E-state index in [1.165, 1.54) is 6.33 Å². The van der Waals surface area contributed by atoms with Gasteiger partial charge in [-0.1, -0.05) is 12.1 Å². The highest BCUT2D eigenvalue weighted by Gasteiger charge is 2.10. The highest BCUT2D eigenvalue weighted by Crippen LogP contribution is 2.23. The number of anilines is 1. The Hall–Kier alpha value is -3.94. The van der Waals surface area contributed by atoms with E-state index in [0.29, 0.717) is 17.9 Å². The van der Waals surface area contributed by atoms with Crippen LogP contribution in [0.4, 0.5) is 5.82 Å². The third kappa shape index (κ3) is 3.93. The van der Waals surface area contributed by atoms with Gasteiger partial charge in [0.1, 0.15) is 23.5 Å². The van der Waals surface area contributed by atoms with Crippen molar-refractivity contribution in [3.63, 3.8) is 0 Å². The molecule has 8 nitrogen and oxygen atoms in total. The molecular formula is C22H22N6O2. The number of amides is 1. The Bertz CT molecular complexity index is 1180. The van der Waals surface area contributed by atoms with Gasteiger partial charge in [-0.05, 0) is 23.8 Å². The number of imidazole rings is 1. The molecule has 0 aliphatic carbocycles. The number of aromatic nitrogens is 4. The minimum atomic E-state index is -0.0133. The summed E-state index contributed by atoms with van der Waals surface area (Å²) in [7, 11) is 5.11. The second-order valence-corrected chi connectivity index (χ2v) is 6.98. The largest absolute Gasteiger partial charge is 0.497 e. The van der Waals surface area contributed by atoms with Crippen molar-refractivity contribution in [3.05, 3.63) is 72.3 Å². The summed E-state index contributed by atoms with van der Waals surface area (Å²) in [5.74, 6) is 1.44. The average Bonchev–Trinajstić information content (AvgIpc) is 3.21. The first kappa shape index (κ1) is 19.4. The first-order valence-corrected chi connectivity index (χ1v) is 9.43. The molecule has 0 saturated heterocycles. The summed E-state index contributed by atoms with van der Waals surface area (Å²) in [4.78, 5) is 26.7. The smallest absolute Gasteiger partial charge is 0.253 e. The molecule has 0 unspecified atom stereocenters. The summed E-state index contributed by atoms with van der Waals surface area (Å²) in [6.07, 6.45) is 5.21. The number of nitrogens with zero attached hydrogens (tertiary/aromatic N) is 5. The van der Waals surface area contributed by atoms with Gasteiger partial charge in [0.15, 0.2) is 0 Å². The fourth-order valence-electron chi connectivity index (χ4n) is 3.09. The Morgan fingerprint density at radius 1 is 1.10 bits per heavy atom. The van der Waals surface area contributed by atoms with Crippen LogP contribution < -0.4 is 10.1 Å². The lowest BCUT2D eigenvalue weighted by Crippen LogP contribution is -2.21. The highest BCUT2D eigenvalue weighted by molar-refractivity contribution is 5.93. The van der Waals surface area contributed by atoms with Crippen molar-refractivity contribution in [2.24, 2.45) is 0 Å². The van der Waals surface area contributed by atoms with Crippen LogP contribution in [0, 0.1) is 0 Å². The van der Waals surface area contributed by atoms with Crippen LogP contribution in [-0.4, -0.2) is 51.4 Å². The van der Waals surface area contributed by atoms with E-state index in [-0.39, 0.29) is 5.91 Å². The van der Waals surface area contributed by atoms with Gasteiger partial charge in [-0.15, -0.1) is 0 Å². The number of carbonyl (C=O) groups is 1. The lowest BCUT2D eigenvalue weighted by Gasteiger charge is -2.11. The number of pyridine rings is 1. The summed E-state index contributed by atoms with van der Waals surface area (Å²) in [5.41, 5.74) is 4.12. The fourth-order valence-corrected chi connectivity index (χ4v) is 3.09. The Labute approximate surface area is 174 Å². The van der Waals surface area contributed by atoms with Gasteiger partial charge in [0.2, 0.25) is 0 Å². The SMILES string of the molecule is COc1ccn2c(-c3cc(NCc4ccc(C(=O)N(C)C)cc4)ncn3)cnc2c1. The molecule has 0 spiro atoms. The number of ether oxygens (including phenoxy) is 1. The lowest BCUT2D eigenvalue weighted by molar-refractivity contribution is 0.0827. The van der Waals surface area contributed by atoms with Crippen LogP contribution in [0.5, 0.6) is 5.75 Å². The summed E-state index contributed by atoms with van der Waals surface area (Å²) < 4.78 is 7.21. The topological polar surface area (TPSA) is 84.7 Å². The second kappa shape index (κ2) is 8.20. The third-order valence-corrected chi connectivity index (χ3v) is 4.73. The number of hydrogen-bond donors (Lipinski definition) is 1. The standard InChI is InChI=1S/C22H22N6O2/c1-27(2)22(29)16-6-4-15(5-7-16)12-23-20-11-18(25-14-26-20)19-13-24-21-10-17(30-3)8-9-28(19)21/h4-11,13-14H,12H2,1-3H3,(H,23,25,26). The molecule has 3 heterocycles. The lowest BCUT2D eigenvalue weighted by atomic mass is 10.1.